The molecule has 1 atom stereocenters. The fourth-order valence-electron chi connectivity index (χ4n) is 3.56. The van der Waals surface area contributed by atoms with Gasteiger partial charge in [-0.15, -0.1) is 13.2 Å². The molecule has 0 aromatic heterocycles. The summed E-state index contributed by atoms with van der Waals surface area (Å²) in [6, 6.07) is 10.3. The van der Waals surface area contributed by atoms with E-state index in [1.54, 1.807) is 12.1 Å². The summed E-state index contributed by atoms with van der Waals surface area (Å²) in [6.45, 7) is 1.59. The minimum atomic E-state index is -4.84. The maximum Gasteiger partial charge on any atom is 0.573 e. The molecule has 0 radical (unpaired) electrons. The molecule has 3 rings (SSSR count). The standard InChI is InChI=1S/C22H27F3N2O6S/c23-22(24,25)33-20-5-7-21(8-6-20)34(30,31)27-11-9-16(10-12-27)13-26-14-18(29)15-32-19-3-1-17(28)2-4-19/h1-8,16,18,26,28-29H,9-15H2/t18-/m0/s1. The van der Waals surface area contributed by atoms with E-state index in [2.05, 4.69) is 10.1 Å². The van der Waals surface area contributed by atoms with Crippen molar-refractivity contribution >= 4 is 10.0 Å². The average molecular weight is 505 g/mol. The zero-order chi connectivity index (χ0) is 24.8. The molecule has 0 spiro atoms. The first-order valence-corrected chi connectivity index (χ1v) is 12.1. The number of sulfonamides is 1. The zero-order valence-corrected chi connectivity index (χ0v) is 19.1. The van der Waals surface area contributed by atoms with Crippen molar-refractivity contribution in [3.05, 3.63) is 48.5 Å². The van der Waals surface area contributed by atoms with Crippen LogP contribution in [-0.4, -0.2) is 68.2 Å². The third-order valence-corrected chi connectivity index (χ3v) is 7.27. The van der Waals surface area contributed by atoms with Gasteiger partial charge in [0.2, 0.25) is 10.0 Å². The van der Waals surface area contributed by atoms with Crippen LogP contribution in [0.15, 0.2) is 53.4 Å². The molecule has 0 amide bonds. The second-order valence-electron chi connectivity index (χ2n) is 7.98. The summed E-state index contributed by atoms with van der Waals surface area (Å²) in [6.07, 6.45) is -4.35. The van der Waals surface area contributed by atoms with Gasteiger partial charge in [0.05, 0.1) is 4.90 Å². The van der Waals surface area contributed by atoms with Gasteiger partial charge in [-0.2, -0.15) is 4.31 Å². The van der Waals surface area contributed by atoms with Gasteiger partial charge in [0.1, 0.15) is 30.0 Å². The largest absolute Gasteiger partial charge is 0.573 e. The van der Waals surface area contributed by atoms with E-state index in [0.717, 1.165) is 24.3 Å². The molecule has 3 N–H and O–H groups in total. The van der Waals surface area contributed by atoms with Crippen LogP contribution in [0.5, 0.6) is 17.2 Å². The van der Waals surface area contributed by atoms with Gasteiger partial charge in [0.25, 0.3) is 0 Å². The molecule has 1 heterocycles. The van der Waals surface area contributed by atoms with Crippen molar-refractivity contribution in [3.63, 3.8) is 0 Å². The maximum atomic E-state index is 12.8. The van der Waals surface area contributed by atoms with Crippen LogP contribution in [0.4, 0.5) is 13.2 Å². The Balaban J connectivity index is 1.39. The van der Waals surface area contributed by atoms with Crippen LogP contribution in [-0.2, 0) is 10.0 Å². The number of aliphatic hydroxyl groups is 1. The number of phenols is 1. The molecule has 0 unspecified atom stereocenters. The van der Waals surface area contributed by atoms with Crippen molar-refractivity contribution in [3.8, 4) is 17.2 Å². The highest BCUT2D eigenvalue weighted by molar-refractivity contribution is 7.89. The van der Waals surface area contributed by atoms with Crippen LogP contribution >= 0.6 is 0 Å². The summed E-state index contributed by atoms with van der Waals surface area (Å²) in [4.78, 5) is -0.0876. The predicted octanol–water partition coefficient (Wildman–Crippen LogP) is 2.72. The number of piperidine rings is 1. The molecule has 1 saturated heterocycles. The van der Waals surface area contributed by atoms with Crippen molar-refractivity contribution in [2.75, 3.05) is 32.8 Å². The van der Waals surface area contributed by atoms with Crippen molar-refractivity contribution in [2.24, 2.45) is 5.92 Å². The van der Waals surface area contributed by atoms with Gasteiger partial charge in [0.15, 0.2) is 0 Å². The van der Waals surface area contributed by atoms with Crippen molar-refractivity contribution in [1.29, 1.82) is 0 Å². The lowest BCUT2D eigenvalue weighted by atomic mass is 9.98. The van der Waals surface area contributed by atoms with E-state index < -0.39 is 28.2 Å². The van der Waals surface area contributed by atoms with Gasteiger partial charge >= 0.3 is 6.36 Å². The summed E-state index contributed by atoms with van der Waals surface area (Å²) in [5, 5.41) is 22.5. The Morgan fingerprint density at radius 3 is 2.21 bits per heavy atom. The second kappa shape index (κ2) is 11.3. The number of rotatable bonds is 10. The molecule has 1 fully saturated rings. The number of hydrogen-bond acceptors (Lipinski definition) is 7. The van der Waals surface area contributed by atoms with E-state index in [1.165, 1.54) is 16.4 Å². The number of nitrogens with one attached hydrogen (secondary N) is 1. The maximum absolute atomic E-state index is 12.8. The fourth-order valence-corrected chi connectivity index (χ4v) is 5.03. The smallest absolute Gasteiger partial charge is 0.508 e. The summed E-state index contributed by atoms with van der Waals surface area (Å²) in [5.74, 6) is 0.404. The highest BCUT2D eigenvalue weighted by Crippen LogP contribution is 2.27. The number of aromatic hydroxyl groups is 1. The molecule has 1 aliphatic rings. The quantitative estimate of drug-likeness (QED) is 0.457. The van der Waals surface area contributed by atoms with Crippen LogP contribution in [0.25, 0.3) is 0 Å². The number of aliphatic hydroxyl groups excluding tert-OH is 1. The van der Waals surface area contributed by atoms with Gasteiger partial charge in [0, 0.05) is 19.6 Å². The van der Waals surface area contributed by atoms with Crippen LogP contribution in [0.3, 0.4) is 0 Å². The monoisotopic (exact) mass is 504 g/mol. The van der Waals surface area contributed by atoms with Crippen LogP contribution in [0, 0.1) is 5.92 Å². The summed E-state index contributed by atoms with van der Waals surface area (Å²) >= 11 is 0. The Bertz CT molecular complexity index is 1010. The number of hydrogen-bond donors (Lipinski definition) is 3. The Morgan fingerprint density at radius 1 is 1.03 bits per heavy atom. The lowest BCUT2D eigenvalue weighted by molar-refractivity contribution is -0.274. The number of alkyl halides is 3. The van der Waals surface area contributed by atoms with Crippen LogP contribution < -0.4 is 14.8 Å². The van der Waals surface area contributed by atoms with E-state index in [0.29, 0.717) is 44.8 Å². The van der Waals surface area contributed by atoms with Crippen molar-refractivity contribution in [1.82, 2.24) is 9.62 Å². The first-order valence-electron chi connectivity index (χ1n) is 10.7. The number of phenolic OH excluding ortho intramolecular Hbond substituents is 1. The summed E-state index contributed by atoms with van der Waals surface area (Å²) < 4.78 is 73.0. The Labute approximate surface area is 196 Å². The average Bonchev–Trinajstić information content (AvgIpc) is 2.78. The molecular weight excluding hydrogens is 477 g/mol. The van der Waals surface area contributed by atoms with E-state index >= 15 is 0 Å². The Kier molecular flexibility index (Phi) is 8.63. The molecule has 0 saturated carbocycles. The van der Waals surface area contributed by atoms with Gasteiger partial charge in [-0.25, -0.2) is 8.42 Å². The highest BCUT2D eigenvalue weighted by atomic mass is 32.2. The van der Waals surface area contributed by atoms with Gasteiger partial charge < -0.3 is 25.0 Å². The molecular formula is C22H27F3N2O6S. The number of nitrogens with zero attached hydrogens (tertiary/aromatic N) is 1. The highest BCUT2D eigenvalue weighted by Gasteiger charge is 2.32. The zero-order valence-electron chi connectivity index (χ0n) is 18.2. The molecule has 12 heteroatoms. The van der Waals surface area contributed by atoms with Crippen LogP contribution in [0.2, 0.25) is 0 Å². The van der Waals surface area contributed by atoms with E-state index in [9.17, 15) is 31.8 Å². The van der Waals surface area contributed by atoms with Gasteiger partial charge in [-0.05, 0) is 73.8 Å². The minimum Gasteiger partial charge on any atom is -0.508 e. The normalized spacial score (nSPS) is 16.8. The first-order chi connectivity index (χ1) is 16.0. The van der Waals surface area contributed by atoms with E-state index in [-0.39, 0.29) is 23.2 Å². The minimum absolute atomic E-state index is 0.0846. The fraction of sp³-hybridized carbons (Fsp3) is 0.455. The Morgan fingerprint density at radius 2 is 1.62 bits per heavy atom. The third kappa shape index (κ3) is 7.76. The van der Waals surface area contributed by atoms with Crippen LogP contribution in [0.1, 0.15) is 12.8 Å². The molecule has 1 aliphatic heterocycles. The molecule has 0 bridgehead atoms. The number of halogens is 3. The van der Waals surface area contributed by atoms with Gasteiger partial charge in [-0.3, -0.25) is 0 Å². The molecule has 0 aliphatic carbocycles. The summed E-state index contributed by atoms with van der Waals surface area (Å²) in [7, 11) is -3.81. The molecule has 34 heavy (non-hydrogen) atoms. The number of ether oxygens (including phenoxy) is 2. The second-order valence-corrected chi connectivity index (χ2v) is 9.92. The third-order valence-electron chi connectivity index (χ3n) is 5.36. The predicted molar refractivity (Wildman–Crippen MR) is 117 cm³/mol. The lowest BCUT2D eigenvalue weighted by Gasteiger charge is -2.31. The molecule has 188 valence electrons. The summed E-state index contributed by atoms with van der Waals surface area (Å²) in [5.41, 5.74) is 0. The van der Waals surface area contributed by atoms with Crippen molar-refractivity contribution < 1.29 is 41.3 Å². The van der Waals surface area contributed by atoms with E-state index in [1.807, 2.05) is 0 Å². The molecule has 2 aromatic carbocycles. The SMILES string of the molecule is O=S(=O)(c1ccc(OC(F)(F)F)cc1)N1CCC(CNC[C@H](O)COc2ccc(O)cc2)CC1. The molecule has 2 aromatic rings. The first kappa shape index (κ1) is 26.1. The van der Waals surface area contributed by atoms with Crippen molar-refractivity contribution in [2.45, 2.75) is 30.2 Å². The lowest BCUT2D eigenvalue weighted by Crippen LogP contribution is -2.42. The Hall–Kier alpha value is -2.54. The van der Waals surface area contributed by atoms with Gasteiger partial charge in [-0.1, -0.05) is 0 Å². The van der Waals surface area contributed by atoms with E-state index in [4.69, 9.17) is 4.74 Å². The number of benzene rings is 2. The topological polar surface area (TPSA) is 108 Å². The molecule has 8 nitrogen and oxygen atoms in total.